The van der Waals surface area contributed by atoms with E-state index in [1.807, 2.05) is 39.1 Å². The molecule has 1 atom stereocenters. The van der Waals surface area contributed by atoms with Crippen molar-refractivity contribution in [1.29, 1.82) is 0 Å². The highest BCUT2D eigenvalue weighted by Crippen LogP contribution is 2.41. The Morgan fingerprint density at radius 2 is 2.00 bits per heavy atom. The molecule has 7 nitrogen and oxygen atoms in total. The monoisotopic (exact) mass is 441 g/mol. The topological polar surface area (TPSA) is 72.9 Å². The summed E-state index contributed by atoms with van der Waals surface area (Å²) in [6, 6.07) is 6.18. The number of nitrogens with one attached hydrogen (secondary N) is 1. The summed E-state index contributed by atoms with van der Waals surface area (Å²) in [7, 11) is 1.68. The van der Waals surface area contributed by atoms with Gasteiger partial charge in [-0.25, -0.2) is 4.79 Å². The number of carbonyl (C=O) groups is 1. The summed E-state index contributed by atoms with van der Waals surface area (Å²) in [4.78, 5) is 19.2. The van der Waals surface area contributed by atoms with Crippen molar-refractivity contribution in [3.63, 3.8) is 0 Å². The smallest absolute Gasteiger partial charge is 0.407 e. The van der Waals surface area contributed by atoms with Crippen LogP contribution in [-0.2, 0) is 4.74 Å². The standard InChI is InChI=1S/C25H35N3O4/c1-16-14-28(15-17-6-8-18(9-7-17)27-24(29)32-25(2,3)4)23-20-12-19(30-5)10-11-21(20)26-13-22(23)31-16/h10-13,16-18H,6-9,14-15H2,1-5H3,(H,27,29)/t16?,17-,18-. The summed E-state index contributed by atoms with van der Waals surface area (Å²) in [5.41, 5.74) is 1.58. The molecule has 0 spiro atoms. The van der Waals surface area contributed by atoms with Gasteiger partial charge in [0.05, 0.1) is 31.1 Å². The van der Waals surface area contributed by atoms with Crippen LogP contribution in [-0.4, -0.2) is 49.0 Å². The van der Waals surface area contributed by atoms with Gasteiger partial charge < -0.3 is 24.4 Å². The Balaban J connectivity index is 1.45. The lowest BCUT2D eigenvalue weighted by Gasteiger charge is -2.39. The number of amides is 1. The second-order valence-electron chi connectivity index (χ2n) is 10.1. The van der Waals surface area contributed by atoms with Gasteiger partial charge in [-0.2, -0.15) is 0 Å². The van der Waals surface area contributed by atoms with Gasteiger partial charge in [-0.1, -0.05) is 0 Å². The van der Waals surface area contributed by atoms with Gasteiger partial charge in [0.2, 0.25) is 0 Å². The van der Waals surface area contributed by atoms with Crippen LogP contribution in [0.25, 0.3) is 10.9 Å². The summed E-state index contributed by atoms with van der Waals surface area (Å²) < 4.78 is 17.0. The van der Waals surface area contributed by atoms with Crippen LogP contribution in [0.15, 0.2) is 24.4 Å². The maximum atomic E-state index is 12.1. The molecule has 1 aromatic carbocycles. The second-order valence-corrected chi connectivity index (χ2v) is 10.1. The largest absolute Gasteiger partial charge is 0.497 e. The molecule has 1 N–H and O–H groups in total. The van der Waals surface area contributed by atoms with E-state index in [0.717, 1.165) is 66.9 Å². The van der Waals surface area contributed by atoms with Gasteiger partial charge in [-0.15, -0.1) is 0 Å². The van der Waals surface area contributed by atoms with Gasteiger partial charge in [0.15, 0.2) is 5.75 Å². The highest BCUT2D eigenvalue weighted by Gasteiger charge is 2.30. The minimum absolute atomic E-state index is 0.109. The fourth-order valence-corrected chi connectivity index (χ4v) is 4.78. The molecule has 174 valence electrons. The van der Waals surface area contributed by atoms with Crippen molar-refractivity contribution in [2.45, 2.75) is 71.1 Å². The number of alkyl carbamates (subject to hydrolysis) is 1. The molecule has 0 bridgehead atoms. The summed E-state index contributed by atoms with van der Waals surface area (Å²) >= 11 is 0. The number of hydrogen-bond acceptors (Lipinski definition) is 6. The number of rotatable bonds is 4. The Morgan fingerprint density at radius 1 is 1.25 bits per heavy atom. The average Bonchev–Trinajstić information content (AvgIpc) is 2.72. The Bertz CT molecular complexity index is 964. The molecule has 1 unspecified atom stereocenters. The Hall–Kier alpha value is -2.70. The summed E-state index contributed by atoms with van der Waals surface area (Å²) in [6.45, 7) is 9.58. The van der Waals surface area contributed by atoms with Crippen molar-refractivity contribution in [2.75, 3.05) is 25.1 Å². The molecule has 1 aliphatic carbocycles. The van der Waals surface area contributed by atoms with Crippen molar-refractivity contribution in [3.8, 4) is 11.5 Å². The van der Waals surface area contributed by atoms with Crippen molar-refractivity contribution < 1.29 is 19.0 Å². The first-order chi connectivity index (χ1) is 15.2. The third-order valence-corrected chi connectivity index (χ3v) is 6.18. The van der Waals surface area contributed by atoms with E-state index in [1.165, 1.54) is 0 Å². The highest BCUT2D eigenvalue weighted by atomic mass is 16.6. The number of methoxy groups -OCH3 is 1. The number of ether oxygens (including phenoxy) is 3. The fourth-order valence-electron chi connectivity index (χ4n) is 4.78. The van der Waals surface area contributed by atoms with Gasteiger partial charge in [-0.05, 0) is 77.5 Å². The number of benzene rings is 1. The lowest BCUT2D eigenvalue weighted by Crippen LogP contribution is -2.44. The molecule has 7 heteroatoms. The van der Waals surface area contributed by atoms with E-state index in [-0.39, 0.29) is 18.2 Å². The van der Waals surface area contributed by atoms with E-state index < -0.39 is 5.60 Å². The van der Waals surface area contributed by atoms with Crippen LogP contribution < -0.4 is 19.7 Å². The number of fused-ring (bicyclic) bond motifs is 3. The minimum Gasteiger partial charge on any atom is -0.497 e. The van der Waals surface area contributed by atoms with Crippen molar-refractivity contribution in [1.82, 2.24) is 10.3 Å². The zero-order chi connectivity index (χ0) is 22.9. The predicted molar refractivity (Wildman–Crippen MR) is 126 cm³/mol. The molecule has 1 saturated carbocycles. The zero-order valence-corrected chi connectivity index (χ0v) is 19.8. The normalized spacial score (nSPS) is 23.3. The van der Waals surface area contributed by atoms with Crippen LogP contribution in [0, 0.1) is 5.92 Å². The molecule has 0 saturated heterocycles. The molecule has 0 radical (unpaired) electrons. The van der Waals surface area contributed by atoms with Crippen LogP contribution in [0.1, 0.15) is 53.4 Å². The van der Waals surface area contributed by atoms with Gasteiger partial charge >= 0.3 is 6.09 Å². The van der Waals surface area contributed by atoms with Crippen LogP contribution in [0.3, 0.4) is 0 Å². The first-order valence-corrected chi connectivity index (χ1v) is 11.6. The molecule has 2 aliphatic rings. The average molecular weight is 442 g/mol. The first kappa shape index (κ1) is 22.5. The molecule has 2 aromatic rings. The van der Waals surface area contributed by atoms with Gasteiger partial charge in [0.25, 0.3) is 0 Å². The minimum atomic E-state index is -0.470. The SMILES string of the molecule is COc1ccc2ncc3c(c2c1)N(C[C@H]1CC[C@H](NC(=O)OC(C)(C)C)CC1)CC(C)O3. The van der Waals surface area contributed by atoms with Gasteiger partial charge in [-0.3, -0.25) is 4.98 Å². The Morgan fingerprint density at radius 3 is 2.69 bits per heavy atom. The molecular formula is C25H35N3O4. The van der Waals surface area contributed by atoms with E-state index in [1.54, 1.807) is 7.11 Å². The molecule has 1 fully saturated rings. The summed E-state index contributed by atoms with van der Waals surface area (Å²) in [6.07, 6.45) is 5.74. The van der Waals surface area contributed by atoms with Crippen LogP contribution >= 0.6 is 0 Å². The number of aromatic nitrogens is 1. The lowest BCUT2D eigenvalue weighted by atomic mass is 9.85. The van der Waals surface area contributed by atoms with Crippen molar-refractivity contribution in [2.24, 2.45) is 5.92 Å². The predicted octanol–water partition coefficient (Wildman–Crippen LogP) is 4.91. The molecule has 1 aromatic heterocycles. The number of carbonyl (C=O) groups excluding carboxylic acids is 1. The molecule has 1 amide bonds. The number of nitrogens with zero attached hydrogens (tertiary/aromatic N) is 2. The highest BCUT2D eigenvalue weighted by molar-refractivity contribution is 5.96. The number of anilines is 1. The molecule has 1 aliphatic heterocycles. The van der Waals surface area contributed by atoms with Crippen LogP contribution in [0.4, 0.5) is 10.5 Å². The third kappa shape index (κ3) is 5.19. The molecule has 4 rings (SSSR count). The molecular weight excluding hydrogens is 406 g/mol. The first-order valence-electron chi connectivity index (χ1n) is 11.6. The summed E-state index contributed by atoms with van der Waals surface area (Å²) in [5, 5.41) is 4.11. The van der Waals surface area contributed by atoms with Crippen LogP contribution in [0.5, 0.6) is 11.5 Å². The Labute approximate surface area is 190 Å². The number of pyridine rings is 1. The van der Waals surface area contributed by atoms with E-state index in [2.05, 4.69) is 28.2 Å². The van der Waals surface area contributed by atoms with Crippen molar-refractivity contribution in [3.05, 3.63) is 24.4 Å². The second kappa shape index (κ2) is 9.04. The summed E-state index contributed by atoms with van der Waals surface area (Å²) in [5.74, 6) is 2.23. The van der Waals surface area contributed by atoms with Crippen LogP contribution in [0.2, 0.25) is 0 Å². The fraction of sp³-hybridized carbons (Fsp3) is 0.600. The quantitative estimate of drug-likeness (QED) is 0.726. The third-order valence-electron chi connectivity index (χ3n) is 6.18. The van der Waals surface area contributed by atoms with E-state index in [4.69, 9.17) is 14.2 Å². The molecule has 2 heterocycles. The van der Waals surface area contributed by atoms with Gasteiger partial charge in [0, 0.05) is 18.0 Å². The maximum absolute atomic E-state index is 12.1. The lowest BCUT2D eigenvalue weighted by molar-refractivity contribution is 0.0487. The van der Waals surface area contributed by atoms with E-state index in [9.17, 15) is 4.79 Å². The van der Waals surface area contributed by atoms with E-state index in [0.29, 0.717) is 5.92 Å². The Kier molecular flexibility index (Phi) is 6.35. The zero-order valence-electron chi connectivity index (χ0n) is 19.8. The van der Waals surface area contributed by atoms with E-state index >= 15 is 0 Å². The maximum Gasteiger partial charge on any atom is 0.407 e. The van der Waals surface area contributed by atoms with Crippen molar-refractivity contribution >= 4 is 22.7 Å². The van der Waals surface area contributed by atoms with Gasteiger partial charge in [0.1, 0.15) is 17.5 Å². The molecule has 32 heavy (non-hydrogen) atoms. The number of hydrogen-bond donors (Lipinski definition) is 1.